The number of ether oxygens (including phenoxy) is 2. The highest BCUT2D eigenvalue weighted by Gasteiger charge is 2.11. The standard InChI is InChI=1S/C13H17N3O3/c1-18-7-3-6-16-11-5-4-9(12(17)19-2)8-10(11)15-13(16)14/h4-5,8H,3,6-7H2,1-2H3,(H2,14,15). The van der Waals surface area contributed by atoms with Gasteiger partial charge >= 0.3 is 5.97 Å². The minimum Gasteiger partial charge on any atom is -0.465 e. The van der Waals surface area contributed by atoms with Crippen LogP contribution < -0.4 is 5.73 Å². The summed E-state index contributed by atoms with van der Waals surface area (Å²) in [7, 11) is 3.02. The number of nitrogen functional groups attached to an aromatic ring is 1. The van der Waals surface area contributed by atoms with Crippen molar-refractivity contribution < 1.29 is 14.3 Å². The maximum absolute atomic E-state index is 11.5. The van der Waals surface area contributed by atoms with Crippen molar-refractivity contribution in [3.8, 4) is 0 Å². The molecule has 1 aromatic carbocycles. The van der Waals surface area contributed by atoms with E-state index in [1.165, 1.54) is 7.11 Å². The Labute approximate surface area is 111 Å². The first kappa shape index (κ1) is 13.4. The van der Waals surface area contributed by atoms with Crippen LogP contribution in [0.2, 0.25) is 0 Å². The van der Waals surface area contributed by atoms with E-state index < -0.39 is 0 Å². The lowest BCUT2D eigenvalue weighted by molar-refractivity contribution is 0.0601. The lowest BCUT2D eigenvalue weighted by atomic mass is 10.2. The quantitative estimate of drug-likeness (QED) is 0.652. The molecule has 0 bridgehead atoms. The Balaban J connectivity index is 2.33. The fraction of sp³-hybridized carbons (Fsp3) is 0.385. The normalized spacial score (nSPS) is 10.8. The summed E-state index contributed by atoms with van der Waals surface area (Å²) in [4.78, 5) is 15.7. The van der Waals surface area contributed by atoms with Gasteiger partial charge in [0.25, 0.3) is 0 Å². The summed E-state index contributed by atoms with van der Waals surface area (Å²) >= 11 is 0. The predicted molar refractivity (Wildman–Crippen MR) is 72.0 cm³/mol. The number of fused-ring (bicyclic) bond motifs is 1. The Hall–Kier alpha value is -2.08. The van der Waals surface area contributed by atoms with Crippen LogP contribution in [0.25, 0.3) is 11.0 Å². The van der Waals surface area contributed by atoms with Crippen LogP contribution in [-0.4, -0.2) is 36.3 Å². The Kier molecular flexibility index (Phi) is 4.01. The minimum absolute atomic E-state index is 0.380. The number of anilines is 1. The van der Waals surface area contributed by atoms with Gasteiger partial charge in [-0.1, -0.05) is 0 Å². The van der Waals surface area contributed by atoms with Crippen LogP contribution in [-0.2, 0) is 16.0 Å². The fourth-order valence-corrected chi connectivity index (χ4v) is 2.00. The van der Waals surface area contributed by atoms with Crippen LogP contribution in [0.4, 0.5) is 5.95 Å². The number of rotatable bonds is 5. The first-order chi connectivity index (χ1) is 9.17. The molecule has 0 aliphatic rings. The number of nitrogens with zero attached hydrogens (tertiary/aromatic N) is 2. The van der Waals surface area contributed by atoms with Gasteiger partial charge in [-0.2, -0.15) is 0 Å². The van der Waals surface area contributed by atoms with Gasteiger partial charge in [0.15, 0.2) is 0 Å². The maximum atomic E-state index is 11.5. The van der Waals surface area contributed by atoms with Gasteiger partial charge in [-0.15, -0.1) is 0 Å². The van der Waals surface area contributed by atoms with E-state index in [-0.39, 0.29) is 5.97 Å². The van der Waals surface area contributed by atoms with Crippen LogP contribution >= 0.6 is 0 Å². The molecule has 0 atom stereocenters. The van der Waals surface area contributed by atoms with Gasteiger partial charge in [0, 0.05) is 20.3 Å². The third kappa shape index (κ3) is 2.68. The van der Waals surface area contributed by atoms with Crippen molar-refractivity contribution in [3.05, 3.63) is 23.8 Å². The molecule has 0 aliphatic heterocycles. The van der Waals surface area contributed by atoms with Gasteiger partial charge in [0.2, 0.25) is 5.95 Å². The van der Waals surface area contributed by atoms with Crippen LogP contribution in [0.5, 0.6) is 0 Å². The summed E-state index contributed by atoms with van der Waals surface area (Å²) in [5.74, 6) is 0.0579. The highest BCUT2D eigenvalue weighted by Crippen LogP contribution is 2.20. The first-order valence-electron chi connectivity index (χ1n) is 6.00. The second-order valence-corrected chi connectivity index (χ2v) is 4.16. The topological polar surface area (TPSA) is 79.4 Å². The molecular formula is C13H17N3O3. The molecule has 6 heteroatoms. The van der Waals surface area contributed by atoms with E-state index in [4.69, 9.17) is 10.5 Å². The lowest BCUT2D eigenvalue weighted by Crippen LogP contribution is -2.05. The van der Waals surface area contributed by atoms with Crippen molar-refractivity contribution in [1.82, 2.24) is 9.55 Å². The molecule has 0 radical (unpaired) electrons. The van der Waals surface area contributed by atoms with E-state index in [1.54, 1.807) is 19.2 Å². The predicted octanol–water partition coefficient (Wildman–Crippen LogP) is 1.44. The molecule has 102 valence electrons. The number of hydrogen-bond donors (Lipinski definition) is 1. The molecule has 0 amide bonds. The molecule has 0 saturated heterocycles. The van der Waals surface area contributed by atoms with Crippen LogP contribution in [0.3, 0.4) is 0 Å². The summed E-state index contributed by atoms with van der Waals surface area (Å²) in [6.45, 7) is 1.40. The number of nitrogens with two attached hydrogens (primary N) is 1. The van der Waals surface area contributed by atoms with Gasteiger partial charge in [0.05, 0.1) is 23.7 Å². The summed E-state index contributed by atoms with van der Waals surface area (Å²) in [6.07, 6.45) is 0.852. The molecular weight excluding hydrogens is 246 g/mol. The molecule has 0 aliphatic carbocycles. The Morgan fingerprint density at radius 1 is 1.42 bits per heavy atom. The van der Waals surface area contributed by atoms with Crippen molar-refractivity contribution in [2.45, 2.75) is 13.0 Å². The SMILES string of the molecule is COCCCn1c(N)nc2cc(C(=O)OC)ccc21. The van der Waals surface area contributed by atoms with Crippen molar-refractivity contribution >= 4 is 23.0 Å². The number of benzene rings is 1. The molecule has 0 saturated carbocycles. The number of aryl methyl sites for hydroxylation is 1. The zero-order valence-electron chi connectivity index (χ0n) is 11.0. The van der Waals surface area contributed by atoms with Crippen LogP contribution in [0, 0.1) is 0 Å². The number of hydrogen-bond acceptors (Lipinski definition) is 5. The maximum Gasteiger partial charge on any atom is 0.337 e. The van der Waals surface area contributed by atoms with E-state index in [0.717, 1.165) is 18.5 Å². The summed E-state index contributed by atoms with van der Waals surface area (Å²) in [5, 5.41) is 0. The van der Waals surface area contributed by atoms with Crippen molar-refractivity contribution in [1.29, 1.82) is 0 Å². The van der Waals surface area contributed by atoms with Crippen LogP contribution in [0.15, 0.2) is 18.2 Å². The Bertz CT molecular complexity index is 592. The molecule has 0 unspecified atom stereocenters. The third-order valence-electron chi connectivity index (χ3n) is 2.93. The number of carbonyl (C=O) groups excluding carboxylic acids is 1. The average molecular weight is 263 g/mol. The Morgan fingerprint density at radius 3 is 2.89 bits per heavy atom. The van der Waals surface area contributed by atoms with E-state index in [0.29, 0.717) is 23.6 Å². The van der Waals surface area contributed by atoms with Crippen molar-refractivity contribution in [2.75, 3.05) is 26.6 Å². The smallest absolute Gasteiger partial charge is 0.337 e. The van der Waals surface area contributed by atoms with E-state index >= 15 is 0 Å². The zero-order valence-corrected chi connectivity index (χ0v) is 11.0. The number of esters is 1. The lowest BCUT2D eigenvalue weighted by Gasteiger charge is -2.06. The molecule has 1 aromatic heterocycles. The molecule has 0 fully saturated rings. The van der Waals surface area contributed by atoms with Gasteiger partial charge in [-0.3, -0.25) is 0 Å². The molecule has 2 N–H and O–H groups in total. The summed E-state index contributed by atoms with van der Waals surface area (Å²) < 4.78 is 11.6. The minimum atomic E-state index is -0.380. The number of imidazole rings is 1. The molecule has 2 rings (SSSR count). The number of aromatic nitrogens is 2. The second kappa shape index (κ2) is 5.71. The zero-order chi connectivity index (χ0) is 13.8. The summed E-state index contributed by atoms with van der Waals surface area (Å²) in [5.41, 5.74) is 7.95. The van der Waals surface area contributed by atoms with Gasteiger partial charge < -0.3 is 19.8 Å². The van der Waals surface area contributed by atoms with E-state index in [1.807, 2.05) is 10.6 Å². The molecule has 2 aromatic rings. The van der Waals surface area contributed by atoms with Gasteiger partial charge in [0.1, 0.15) is 0 Å². The highest BCUT2D eigenvalue weighted by atomic mass is 16.5. The first-order valence-corrected chi connectivity index (χ1v) is 6.00. The fourth-order valence-electron chi connectivity index (χ4n) is 2.00. The third-order valence-corrected chi connectivity index (χ3v) is 2.93. The van der Waals surface area contributed by atoms with Gasteiger partial charge in [-0.05, 0) is 24.6 Å². The van der Waals surface area contributed by atoms with Crippen molar-refractivity contribution in [3.63, 3.8) is 0 Å². The molecule has 19 heavy (non-hydrogen) atoms. The molecule has 0 spiro atoms. The summed E-state index contributed by atoms with van der Waals surface area (Å²) in [6, 6.07) is 5.23. The molecule has 6 nitrogen and oxygen atoms in total. The monoisotopic (exact) mass is 263 g/mol. The second-order valence-electron chi connectivity index (χ2n) is 4.16. The molecule has 1 heterocycles. The van der Waals surface area contributed by atoms with E-state index in [2.05, 4.69) is 9.72 Å². The van der Waals surface area contributed by atoms with Crippen LogP contribution in [0.1, 0.15) is 16.8 Å². The number of carbonyl (C=O) groups is 1. The highest BCUT2D eigenvalue weighted by molar-refractivity contribution is 5.94. The van der Waals surface area contributed by atoms with E-state index in [9.17, 15) is 4.79 Å². The van der Waals surface area contributed by atoms with Gasteiger partial charge in [-0.25, -0.2) is 9.78 Å². The largest absolute Gasteiger partial charge is 0.465 e. The van der Waals surface area contributed by atoms with Crippen molar-refractivity contribution in [2.24, 2.45) is 0 Å². The average Bonchev–Trinajstić information content (AvgIpc) is 2.73. The number of methoxy groups -OCH3 is 2. The Morgan fingerprint density at radius 2 is 2.21 bits per heavy atom.